The summed E-state index contributed by atoms with van der Waals surface area (Å²) < 4.78 is 14.5. The average molecular weight is 190 g/mol. The predicted octanol–water partition coefficient (Wildman–Crippen LogP) is 2.18. The van der Waals surface area contributed by atoms with Crippen molar-refractivity contribution in [1.82, 2.24) is 0 Å². The molecule has 78 valence electrons. The molecule has 0 saturated carbocycles. The second-order valence-corrected chi connectivity index (χ2v) is 2.78. The molecule has 2 unspecified atom stereocenters. The fourth-order valence-electron chi connectivity index (χ4n) is 0.814. The molecule has 0 rings (SSSR count). The lowest BCUT2D eigenvalue weighted by molar-refractivity contribution is -0.143. The third-order valence-electron chi connectivity index (χ3n) is 1.82. The Morgan fingerprint density at radius 3 is 2.38 bits per heavy atom. The molecule has 0 heterocycles. The predicted molar refractivity (Wildman–Crippen MR) is 48.4 cm³/mol. The van der Waals surface area contributed by atoms with E-state index in [1.54, 1.807) is 0 Å². The number of carbonyl (C=O) groups excluding carboxylic acids is 1. The maximum Gasteiger partial charge on any atom is 0.510 e. The van der Waals surface area contributed by atoms with Crippen molar-refractivity contribution in [2.24, 2.45) is 5.92 Å². The molecule has 13 heavy (non-hydrogen) atoms. The van der Waals surface area contributed by atoms with E-state index in [2.05, 4.69) is 4.74 Å². The molecule has 0 amide bonds. The van der Waals surface area contributed by atoms with Gasteiger partial charge in [-0.2, -0.15) is 0 Å². The highest BCUT2D eigenvalue weighted by Crippen LogP contribution is 2.13. The molecule has 0 N–H and O–H groups in total. The van der Waals surface area contributed by atoms with Gasteiger partial charge in [0.15, 0.2) is 0 Å². The van der Waals surface area contributed by atoms with Gasteiger partial charge in [-0.25, -0.2) is 4.79 Å². The smallest absolute Gasteiger partial charge is 0.438 e. The zero-order valence-corrected chi connectivity index (χ0v) is 8.70. The minimum absolute atomic E-state index is 0.180. The molecule has 0 bridgehead atoms. The zero-order valence-electron chi connectivity index (χ0n) is 8.70. The van der Waals surface area contributed by atoms with Crippen LogP contribution in [0.4, 0.5) is 4.79 Å². The summed E-state index contributed by atoms with van der Waals surface area (Å²) in [4.78, 5) is 10.8. The Morgan fingerprint density at radius 1 is 1.38 bits per heavy atom. The first-order chi connectivity index (χ1) is 6.15. The number of methoxy groups -OCH3 is 1. The Balaban J connectivity index is 4.00. The summed E-state index contributed by atoms with van der Waals surface area (Å²) in [5, 5.41) is 0. The van der Waals surface area contributed by atoms with Crippen molar-refractivity contribution >= 4 is 6.16 Å². The molecule has 4 nitrogen and oxygen atoms in total. The minimum Gasteiger partial charge on any atom is -0.438 e. The maximum absolute atomic E-state index is 10.8. The van der Waals surface area contributed by atoms with Gasteiger partial charge >= 0.3 is 6.16 Å². The Morgan fingerprint density at radius 2 is 2.00 bits per heavy atom. The highest BCUT2D eigenvalue weighted by atomic mass is 16.8. The molecule has 0 aliphatic carbocycles. The van der Waals surface area contributed by atoms with Crippen molar-refractivity contribution in [1.29, 1.82) is 0 Å². The fourth-order valence-corrected chi connectivity index (χ4v) is 0.814. The monoisotopic (exact) mass is 190 g/mol. The Hall–Kier alpha value is -0.770. The number of carbonyl (C=O) groups is 1. The third kappa shape index (κ3) is 4.72. The van der Waals surface area contributed by atoms with Gasteiger partial charge in [0.25, 0.3) is 0 Å². The molecule has 0 aliphatic heterocycles. The van der Waals surface area contributed by atoms with Crippen LogP contribution in [-0.4, -0.2) is 26.2 Å². The summed E-state index contributed by atoms with van der Waals surface area (Å²) in [6.07, 6.45) is -0.303. The normalized spacial score (nSPS) is 14.8. The number of hydrogen-bond donors (Lipinski definition) is 0. The summed E-state index contributed by atoms with van der Waals surface area (Å²) in [5.41, 5.74) is 0. The lowest BCUT2D eigenvalue weighted by Gasteiger charge is -2.21. The van der Waals surface area contributed by atoms with Crippen LogP contribution in [0.2, 0.25) is 0 Å². The van der Waals surface area contributed by atoms with Gasteiger partial charge in [0.1, 0.15) is 0 Å². The van der Waals surface area contributed by atoms with Crippen LogP contribution in [0.3, 0.4) is 0 Å². The van der Waals surface area contributed by atoms with Gasteiger partial charge in [0.05, 0.1) is 7.11 Å². The molecule has 0 spiro atoms. The van der Waals surface area contributed by atoms with Gasteiger partial charge in [0.2, 0.25) is 6.29 Å². The van der Waals surface area contributed by atoms with Crippen molar-refractivity contribution in [3.8, 4) is 0 Å². The van der Waals surface area contributed by atoms with Crippen LogP contribution in [-0.2, 0) is 14.2 Å². The van der Waals surface area contributed by atoms with Gasteiger partial charge in [-0.15, -0.1) is 0 Å². The lowest BCUT2D eigenvalue weighted by atomic mass is 10.1. The van der Waals surface area contributed by atoms with E-state index in [-0.39, 0.29) is 5.92 Å². The summed E-state index contributed by atoms with van der Waals surface area (Å²) >= 11 is 0. The molecule has 0 aromatic rings. The standard InChI is InChI=1S/C9H18O4/c1-5-7(3)8(12-6-2)13-9(10)11-4/h7-8H,5-6H2,1-4H3. The molecule has 0 radical (unpaired) electrons. The first-order valence-corrected chi connectivity index (χ1v) is 4.51. The number of ether oxygens (including phenoxy) is 3. The summed E-state index contributed by atoms with van der Waals surface area (Å²) in [6.45, 7) is 6.35. The van der Waals surface area contributed by atoms with Crippen LogP contribution < -0.4 is 0 Å². The maximum atomic E-state index is 10.8. The second-order valence-electron chi connectivity index (χ2n) is 2.78. The molecule has 0 fully saturated rings. The van der Waals surface area contributed by atoms with Gasteiger partial charge in [-0.3, -0.25) is 0 Å². The molecule has 4 heteroatoms. The quantitative estimate of drug-likeness (QED) is 0.492. The Labute approximate surface area is 79.2 Å². The summed E-state index contributed by atoms with van der Waals surface area (Å²) in [5.74, 6) is 0.180. The van der Waals surface area contributed by atoms with Crippen molar-refractivity contribution in [2.75, 3.05) is 13.7 Å². The van der Waals surface area contributed by atoms with E-state index >= 15 is 0 Å². The van der Waals surface area contributed by atoms with E-state index in [0.717, 1.165) is 6.42 Å². The van der Waals surface area contributed by atoms with Gasteiger partial charge in [-0.05, 0) is 13.3 Å². The molecule has 0 saturated heterocycles. The summed E-state index contributed by atoms with van der Waals surface area (Å²) in [7, 11) is 1.28. The highest BCUT2D eigenvalue weighted by Gasteiger charge is 2.20. The van der Waals surface area contributed by atoms with Crippen LogP contribution in [0.5, 0.6) is 0 Å². The van der Waals surface area contributed by atoms with Gasteiger partial charge in [0, 0.05) is 12.5 Å². The molecule has 2 atom stereocenters. The van der Waals surface area contributed by atoms with E-state index in [1.807, 2.05) is 20.8 Å². The molecular formula is C9H18O4. The fraction of sp³-hybridized carbons (Fsp3) is 0.889. The third-order valence-corrected chi connectivity index (χ3v) is 1.82. The van der Waals surface area contributed by atoms with E-state index in [4.69, 9.17) is 9.47 Å². The zero-order chi connectivity index (χ0) is 10.3. The van der Waals surface area contributed by atoms with Gasteiger partial charge in [-0.1, -0.05) is 13.8 Å². The Bertz CT molecular complexity index is 147. The van der Waals surface area contributed by atoms with E-state index in [0.29, 0.717) is 6.61 Å². The van der Waals surface area contributed by atoms with Crippen molar-refractivity contribution in [3.05, 3.63) is 0 Å². The van der Waals surface area contributed by atoms with Gasteiger partial charge < -0.3 is 14.2 Å². The topological polar surface area (TPSA) is 44.8 Å². The second kappa shape index (κ2) is 6.71. The first-order valence-electron chi connectivity index (χ1n) is 4.51. The van der Waals surface area contributed by atoms with E-state index in [1.165, 1.54) is 7.11 Å². The van der Waals surface area contributed by atoms with Crippen LogP contribution >= 0.6 is 0 Å². The highest BCUT2D eigenvalue weighted by molar-refractivity contribution is 5.59. The lowest BCUT2D eigenvalue weighted by Crippen LogP contribution is -2.27. The van der Waals surface area contributed by atoms with E-state index < -0.39 is 12.4 Å². The van der Waals surface area contributed by atoms with Crippen molar-refractivity contribution in [2.45, 2.75) is 33.5 Å². The largest absolute Gasteiger partial charge is 0.510 e. The van der Waals surface area contributed by atoms with Crippen LogP contribution in [0, 0.1) is 5.92 Å². The summed E-state index contributed by atoms with van der Waals surface area (Å²) in [6, 6.07) is 0. The molecular weight excluding hydrogens is 172 g/mol. The first kappa shape index (κ1) is 12.2. The SMILES string of the molecule is CCOC(OC(=O)OC)C(C)CC. The molecule has 0 aromatic carbocycles. The van der Waals surface area contributed by atoms with Crippen molar-refractivity contribution in [3.63, 3.8) is 0 Å². The van der Waals surface area contributed by atoms with Crippen LogP contribution in [0.25, 0.3) is 0 Å². The number of rotatable bonds is 5. The van der Waals surface area contributed by atoms with Crippen molar-refractivity contribution < 1.29 is 19.0 Å². The molecule has 0 aromatic heterocycles. The van der Waals surface area contributed by atoms with Crippen LogP contribution in [0.1, 0.15) is 27.2 Å². The number of hydrogen-bond acceptors (Lipinski definition) is 4. The van der Waals surface area contributed by atoms with Crippen LogP contribution in [0.15, 0.2) is 0 Å². The van der Waals surface area contributed by atoms with E-state index in [9.17, 15) is 4.79 Å². The molecule has 0 aliphatic rings. The minimum atomic E-state index is -0.696. The average Bonchev–Trinajstić information content (AvgIpc) is 2.15. The Kier molecular flexibility index (Phi) is 6.32.